The number of carbonyl (C=O) groups is 3. The van der Waals surface area contributed by atoms with Crippen LogP contribution >= 0.6 is 23.1 Å². The second-order valence-electron chi connectivity index (χ2n) is 8.70. The average molecular weight is 613 g/mol. The van der Waals surface area contributed by atoms with Gasteiger partial charge in [-0.2, -0.15) is 4.57 Å². The van der Waals surface area contributed by atoms with Gasteiger partial charge in [0.25, 0.3) is 11.8 Å². The molecule has 1 fully saturated rings. The summed E-state index contributed by atoms with van der Waals surface area (Å²) in [4.78, 5) is 48.2. The van der Waals surface area contributed by atoms with Gasteiger partial charge in [0, 0.05) is 34.8 Å². The molecular weight excluding hydrogens is 588 g/mol. The highest BCUT2D eigenvalue weighted by Gasteiger charge is 2.55. The van der Waals surface area contributed by atoms with Gasteiger partial charge in [-0.3, -0.25) is 19.0 Å². The largest absolute Gasteiger partial charge is 0.726 e. The van der Waals surface area contributed by atoms with E-state index < -0.39 is 39.6 Å². The monoisotopic (exact) mass is 612 g/mol. The number of thiazole rings is 1. The average Bonchev–Trinajstić information content (AvgIpc) is 3.53. The van der Waals surface area contributed by atoms with Crippen molar-refractivity contribution in [2.24, 2.45) is 5.16 Å². The van der Waals surface area contributed by atoms with E-state index in [1.54, 1.807) is 5.38 Å². The predicted molar refractivity (Wildman–Crippen MR) is 141 cm³/mol. The van der Waals surface area contributed by atoms with E-state index in [0.717, 1.165) is 30.6 Å². The lowest BCUT2D eigenvalue weighted by Crippen LogP contribution is -2.71. The summed E-state index contributed by atoms with van der Waals surface area (Å²) in [5, 5.41) is 17.7. The Labute approximate surface area is 236 Å². The Bertz CT molecular complexity index is 1510. The van der Waals surface area contributed by atoms with Gasteiger partial charge in [0.1, 0.15) is 29.9 Å². The number of rotatable bonds is 7. The Morgan fingerprint density at radius 3 is 2.75 bits per heavy atom. The third-order valence-corrected chi connectivity index (χ3v) is 8.21. The number of nitrogen functional groups attached to an aromatic ring is 1. The maximum Gasteiger partial charge on any atom is 0.352 e. The van der Waals surface area contributed by atoms with Crippen molar-refractivity contribution in [2.45, 2.75) is 37.2 Å². The number of aromatic nitrogens is 2. The fourth-order valence-corrected chi connectivity index (χ4v) is 6.56. The molecule has 2 amide bonds. The van der Waals surface area contributed by atoms with Gasteiger partial charge in [-0.15, -0.1) is 23.1 Å². The summed E-state index contributed by atoms with van der Waals surface area (Å²) in [5.74, 6) is -1.86. The van der Waals surface area contributed by atoms with Crippen LogP contribution in [-0.4, -0.2) is 80.3 Å². The van der Waals surface area contributed by atoms with Gasteiger partial charge in [0.05, 0.1) is 0 Å². The number of nitrogens with two attached hydrogens (primary N) is 1. The number of nitrogens with zero attached hydrogens (tertiary/aromatic N) is 4. The van der Waals surface area contributed by atoms with E-state index >= 15 is 0 Å². The molecule has 2 aromatic rings. The van der Waals surface area contributed by atoms with Crippen molar-refractivity contribution in [3.05, 3.63) is 51.9 Å². The summed E-state index contributed by atoms with van der Waals surface area (Å²) in [6.45, 7) is 0.404. The van der Waals surface area contributed by atoms with E-state index in [9.17, 15) is 19.5 Å². The summed E-state index contributed by atoms with van der Waals surface area (Å²) in [6.07, 6.45) is 5.01. The van der Waals surface area contributed by atoms with Gasteiger partial charge < -0.3 is 25.5 Å². The molecule has 0 aromatic carbocycles. The van der Waals surface area contributed by atoms with Crippen LogP contribution in [0.2, 0.25) is 0 Å². The zero-order chi connectivity index (χ0) is 29.2. The Kier molecular flexibility index (Phi) is 8.74. The fourth-order valence-electron chi connectivity index (χ4n) is 4.67. The maximum atomic E-state index is 13.0. The lowest BCUT2D eigenvalue weighted by molar-refractivity contribution is -0.696. The second kappa shape index (κ2) is 11.9. The molecule has 0 bridgehead atoms. The number of nitrogens with one attached hydrogen (secondary N) is 1. The Hall–Kier alpha value is -3.58. The molecule has 2 atom stereocenters. The first kappa shape index (κ1) is 29.4. The first-order valence-corrected chi connectivity index (χ1v) is 14.9. The molecule has 2 aromatic heterocycles. The number of fused-ring (bicyclic) bond motifs is 2. The van der Waals surface area contributed by atoms with Crippen molar-refractivity contribution in [2.75, 3.05) is 18.6 Å². The van der Waals surface area contributed by atoms with E-state index in [2.05, 4.69) is 26.1 Å². The summed E-state index contributed by atoms with van der Waals surface area (Å²) in [5.41, 5.74) is 8.92. The molecule has 214 valence electrons. The van der Waals surface area contributed by atoms with Crippen LogP contribution in [-0.2, 0) is 49.0 Å². The van der Waals surface area contributed by atoms with E-state index in [-0.39, 0.29) is 22.2 Å². The first-order valence-electron chi connectivity index (χ1n) is 11.6. The minimum absolute atomic E-state index is 0.00888. The number of thioether (sulfide) groups is 1. The molecule has 3 aliphatic rings. The minimum Gasteiger partial charge on any atom is -0.726 e. The second-order valence-corrected chi connectivity index (χ2v) is 11.6. The molecule has 0 spiro atoms. The zero-order valence-electron chi connectivity index (χ0n) is 20.8. The highest BCUT2D eigenvalue weighted by atomic mass is 32.3. The molecule has 0 saturated carbocycles. The molecule has 5 N–H and O–H groups in total. The number of carboxylic acids is 1. The Morgan fingerprint density at radius 1 is 1.40 bits per heavy atom. The highest BCUT2D eigenvalue weighted by molar-refractivity contribution is 8.00. The number of β-lactam (4-membered cyclic amide) rings is 1. The van der Waals surface area contributed by atoms with Crippen molar-refractivity contribution < 1.29 is 46.4 Å². The Morgan fingerprint density at radius 2 is 2.12 bits per heavy atom. The normalized spacial score (nSPS) is 20.1. The number of oxime groups is 1. The molecular formula is C22H24N6O9S3. The number of aryl methyl sites for hydroxylation is 1. The van der Waals surface area contributed by atoms with Crippen molar-refractivity contribution in [3.63, 3.8) is 0 Å². The minimum atomic E-state index is -4.92. The van der Waals surface area contributed by atoms with Gasteiger partial charge in [0.2, 0.25) is 10.4 Å². The van der Waals surface area contributed by atoms with Crippen LogP contribution in [0, 0.1) is 0 Å². The standard InChI is InChI=1S/C22H22N6O5S2.H2O4S/c1-33-26-15(13-10-35-22(23)24-13)18(29)25-16-19(30)28-17(21(31)32)12(9-34-20(16)28)8-27-7-3-5-11-4-2-6-14(11)27;1-5(2,3)4/h3,5,7,10,16,20H,2,4,6,8-9H2,1H3,(H3-,23,24,25,29,31,32);(H2,1,2,3,4)/t16?,20-;/m1./s1. The van der Waals surface area contributed by atoms with Crippen LogP contribution in [0.3, 0.4) is 0 Å². The predicted octanol–water partition coefficient (Wildman–Crippen LogP) is -0.705. The molecule has 4 heterocycles. The number of carboxylic acid groups (broad SMARTS) is 1. The first-order chi connectivity index (χ1) is 18.9. The molecule has 5 rings (SSSR count). The lowest BCUT2D eigenvalue weighted by atomic mass is 10.0. The molecule has 1 aliphatic carbocycles. The molecule has 0 radical (unpaired) electrons. The number of anilines is 1. The smallest absolute Gasteiger partial charge is 0.352 e. The third-order valence-electron chi connectivity index (χ3n) is 6.20. The van der Waals surface area contributed by atoms with Crippen molar-refractivity contribution in [3.8, 4) is 0 Å². The van der Waals surface area contributed by atoms with Gasteiger partial charge in [-0.1, -0.05) is 5.16 Å². The number of pyridine rings is 1. The highest BCUT2D eigenvalue weighted by Crippen LogP contribution is 2.40. The van der Waals surface area contributed by atoms with Crippen LogP contribution in [0.25, 0.3) is 0 Å². The van der Waals surface area contributed by atoms with E-state index in [0.29, 0.717) is 17.9 Å². The van der Waals surface area contributed by atoms with Crippen LogP contribution < -0.4 is 15.6 Å². The number of hydrogen-bond donors (Lipinski definition) is 4. The lowest BCUT2D eigenvalue weighted by Gasteiger charge is -2.49. The van der Waals surface area contributed by atoms with E-state index in [1.807, 2.05) is 12.3 Å². The summed E-state index contributed by atoms with van der Waals surface area (Å²) in [6, 6.07) is 3.18. The SMILES string of the molecule is CON=C(C(=O)NC1C(=O)N2C(C(=O)O)=C(C[n+]3cccc4c3CCC4)CS[C@H]12)c1csc(N)n1.O=S(=O)([O-])O. The Balaban J connectivity index is 0.000000681. The van der Waals surface area contributed by atoms with Gasteiger partial charge in [-0.05, 0) is 18.9 Å². The van der Waals surface area contributed by atoms with Crippen LogP contribution in [0.4, 0.5) is 5.13 Å². The summed E-state index contributed by atoms with van der Waals surface area (Å²) >= 11 is 2.57. The van der Waals surface area contributed by atoms with Crippen molar-refractivity contribution in [1.82, 2.24) is 15.2 Å². The molecule has 1 unspecified atom stereocenters. The third kappa shape index (κ3) is 6.41. The number of aliphatic carboxylic acids is 1. The van der Waals surface area contributed by atoms with Crippen LogP contribution in [0.1, 0.15) is 23.4 Å². The summed E-state index contributed by atoms with van der Waals surface area (Å²) in [7, 11) is -3.62. The molecule has 18 heteroatoms. The number of carbonyl (C=O) groups excluding carboxylic acids is 2. The topological polar surface area (TPSA) is 229 Å². The van der Waals surface area contributed by atoms with Crippen LogP contribution in [0.5, 0.6) is 0 Å². The van der Waals surface area contributed by atoms with E-state index in [4.69, 9.17) is 28.1 Å². The molecule has 15 nitrogen and oxygen atoms in total. The van der Waals surface area contributed by atoms with E-state index in [1.165, 1.54) is 35.0 Å². The fraction of sp³-hybridized carbons (Fsp3) is 0.364. The van der Waals surface area contributed by atoms with Crippen molar-refractivity contribution >= 4 is 62.1 Å². The van der Waals surface area contributed by atoms with Crippen molar-refractivity contribution in [1.29, 1.82) is 0 Å². The zero-order valence-corrected chi connectivity index (χ0v) is 23.3. The van der Waals surface area contributed by atoms with Crippen LogP contribution in [0.15, 0.2) is 40.1 Å². The quantitative estimate of drug-likeness (QED) is 0.0759. The molecule has 40 heavy (non-hydrogen) atoms. The molecule has 1 saturated heterocycles. The number of amides is 2. The maximum absolute atomic E-state index is 13.0. The number of hydrogen-bond acceptors (Lipinski definition) is 12. The van der Waals surface area contributed by atoms with Gasteiger partial charge in [0.15, 0.2) is 29.3 Å². The van der Waals surface area contributed by atoms with Gasteiger partial charge in [-0.25, -0.2) is 18.2 Å². The molecule has 2 aliphatic heterocycles. The van der Waals surface area contributed by atoms with Gasteiger partial charge >= 0.3 is 5.97 Å². The summed E-state index contributed by atoms with van der Waals surface area (Å²) < 4.78 is 34.9.